The van der Waals surface area contributed by atoms with E-state index in [1.807, 2.05) is 54.8 Å². The van der Waals surface area contributed by atoms with Crippen molar-refractivity contribution in [3.8, 4) is 0 Å². The SMILES string of the molecule is CCN(CC)c1ccc(N2C(=O)C(Nc3cc(Cl)ccc3C)=C(c3cccs3)C2=O)cc1. The van der Waals surface area contributed by atoms with E-state index in [1.165, 1.54) is 16.2 Å². The average molecular weight is 466 g/mol. The molecule has 3 aromatic rings. The van der Waals surface area contributed by atoms with E-state index in [2.05, 4.69) is 24.1 Å². The van der Waals surface area contributed by atoms with Gasteiger partial charge in [-0.05, 0) is 74.2 Å². The summed E-state index contributed by atoms with van der Waals surface area (Å²) in [5.74, 6) is -0.719. The van der Waals surface area contributed by atoms with E-state index in [0.29, 0.717) is 22.0 Å². The van der Waals surface area contributed by atoms with E-state index < -0.39 is 0 Å². The molecule has 2 heterocycles. The fraction of sp³-hybridized carbons (Fsp3) is 0.200. The molecule has 0 spiro atoms. The molecule has 0 aliphatic carbocycles. The number of halogens is 1. The molecule has 164 valence electrons. The first-order valence-corrected chi connectivity index (χ1v) is 11.8. The average Bonchev–Trinajstić information content (AvgIpc) is 3.39. The van der Waals surface area contributed by atoms with Crippen molar-refractivity contribution in [1.82, 2.24) is 0 Å². The molecule has 1 aromatic heterocycles. The number of thiophene rings is 1. The van der Waals surface area contributed by atoms with Crippen molar-refractivity contribution in [2.75, 3.05) is 28.2 Å². The Morgan fingerprint density at radius 2 is 1.72 bits per heavy atom. The van der Waals surface area contributed by atoms with Crippen LogP contribution in [-0.4, -0.2) is 24.9 Å². The van der Waals surface area contributed by atoms with Crippen LogP contribution in [0.1, 0.15) is 24.3 Å². The number of aryl methyl sites for hydroxylation is 1. The molecule has 2 amide bonds. The third-order valence-electron chi connectivity index (χ3n) is 5.55. The quantitative estimate of drug-likeness (QED) is 0.438. The zero-order chi connectivity index (χ0) is 22.8. The maximum Gasteiger partial charge on any atom is 0.282 e. The van der Waals surface area contributed by atoms with Crippen molar-refractivity contribution in [3.05, 3.63) is 81.1 Å². The van der Waals surface area contributed by atoms with Crippen LogP contribution in [-0.2, 0) is 9.59 Å². The number of imide groups is 1. The zero-order valence-electron chi connectivity index (χ0n) is 18.2. The first-order valence-electron chi connectivity index (χ1n) is 10.5. The Hall–Kier alpha value is -3.09. The fourth-order valence-electron chi connectivity index (χ4n) is 3.79. The molecule has 1 N–H and O–H groups in total. The molecule has 0 fully saturated rings. The highest BCUT2D eigenvalue weighted by atomic mass is 35.5. The summed E-state index contributed by atoms with van der Waals surface area (Å²) >= 11 is 7.60. The minimum Gasteiger partial charge on any atom is -0.372 e. The molecular formula is C25H24ClN3O2S. The minimum atomic E-state index is -0.381. The van der Waals surface area contributed by atoms with Crippen LogP contribution in [0.4, 0.5) is 17.1 Å². The van der Waals surface area contributed by atoms with Crippen molar-refractivity contribution < 1.29 is 9.59 Å². The second-order valence-electron chi connectivity index (χ2n) is 7.45. The standard InChI is InChI=1S/C25H24ClN3O2S/c1-4-28(5-2)18-10-12-19(13-11-18)29-24(30)22(21-7-6-14-32-21)23(25(29)31)27-20-15-17(26)9-8-16(20)3/h6-15,27H,4-5H2,1-3H3. The van der Waals surface area contributed by atoms with Gasteiger partial charge in [-0.2, -0.15) is 0 Å². The fourth-order valence-corrected chi connectivity index (χ4v) is 4.73. The third-order valence-corrected chi connectivity index (χ3v) is 6.67. The molecule has 0 unspecified atom stereocenters. The smallest absolute Gasteiger partial charge is 0.282 e. The Morgan fingerprint density at radius 1 is 1.00 bits per heavy atom. The first kappa shape index (κ1) is 22.1. The summed E-state index contributed by atoms with van der Waals surface area (Å²) in [6.45, 7) is 7.88. The van der Waals surface area contributed by atoms with E-state index in [1.54, 1.807) is 12.1 Å². The number of nitrogens with one attached hydrogen (secondary N) is 1. The molecule has 32 heavy (non-hydrogen) atoms. The van der Waals surface area contributed by atoms with Crippen molar-refractivity contribution >= 4 is 57.4 Å². The number of benzene rings is 2. The Kier molecular flexibility index (Phi) is 6.35. The highest BCUT2D eigenvalue weighted by Crippen LogP contribution is 2.36. The number of anilines is 3. The van der Waals surface area contributed by atoms with Crippen LogP contribution in [0.15, 0.2) is 65.7 Å². The second-order valence-corrected chi connectivity index (χ2v) is 8.83. The van der Waals surface area contributed by atoms with Crippen LogP contribution < -0.4 is 15.1 Å². The van der Waals surface area contributed by atoms with Gasteiger partial charge in [0.25, 0.3) is 11.8 Å². The van der Waals surface area contributed by atoms with Crippen molar-refractivity contribution in [2.24, 2.45) is 0 Å². The van der Waals surface area contributed by atoms with Gasteiger partial charge in [0, 0.05) is 34.4 Å². The maximum atomic E-state index is 13.5. The molecule has 1 aliphatic heterocycles. The Balaban J connectivity index is 1.74. The number of amides is 2. The number of carbonyl (C=O) groups excluding carboxylic acids is 2. The van der Waals surface area contributed by atoms with Gasteiger partial charge in [-0.15, -0.1) is 11.3 Å². The summed E-state index contributed by atoms with van der Waals surface area (Å²) in [6, 6.07) is 16.7. The van der Waals surface area contributed by atoms with Gasteiger partial charge in [0.2, 0.25) is 0 Å². The van der Waals surface area contributed by atoms with E-state index in [9.17, 15) is 9.59 Å². The summed E-state index contributed by atoms with van der Waals surface area (Å²) in [5, 5.41) is 5.64. The van der Waals surface area contributed by atoms with Crippen LogP contribution in [0.2, 0.25) is 5.02 Å². The summed E-state index contributed by atoms with van der Waals surface area (Å²) in [5.41, 5.74) is 3.85. The lowest BCUT2D eigenvalue weighted by Gasteiger charge is -2.22. The predicted octanol–water partition coefficient (Wildman–Crippen LogP) is 5.95. The highest BCUT2D eigenvalue weighted by molar-refractivity contribution is 7.11. The Labute approximate surface area is 196 Å². The van der Waals surface area contributed by atoms with E-state index in [-0.39, 0.29) is 17.5 Å². The number of rotatable bonds is 7. The lowest BCUT2D eigenvalue weighted by Crippen LogP contribution is -2.32. The zero-order valence-corrected chi connectivity index (χ0v) is 19.8. The lowest BCUT2D eigenvalue weighted by atomic mass is 10.1. The van der Waals surface area contributed by atoms with Gasteiger partial charge in [0.15, 0.2) is 0 Å². The van der Waals surface area contributed by atoms with Gasteiger partial charge in [-0.1, -0.05) is 23.7 Å². The topological polar surface area (TPSA) is 52.6 Å². The normalized spacial score (nSPS) is 13.8. The van der Waals surface area contributed by atoms with Crippen LogP contribution in [0, 0.1) is 6.92 Å². The van der Waals surface area contributed by atoms with Gasteiger partial charge < -0.3 is 10.2 Å². The van der Waals surface area contributed by atoms with Crippen LogP contribution >= 0.6 is 22.9 Å². The molecule has 0 saturated carbocycles. The number of carbonyl (C=O) groups is 2. The molecule has 7 heteroatoms. The van der Waals surface area contributed by atoms with Crippen molar-refractivity contribution in [2.45, 2.75) is 20.8 Å². The van der Waals surface area contributed by atoms with Crippen LogP contribution in [0.25, 0.3) is 5.57 Å². The molecule has 0 radical (unpaired) electrons. The van der Waals surface area contributed by atoms with Gasteiger partial charge in [-0.25, -0.2) is 4.90 Å². The third kappa shape index (κ3) is 4.04. The summed E-state index contributed by atoms with van der Waals surface area (Å²) in [6.07, 6.45) is 0. The lowest BCUT2D eigenvalue weighted by molar-refractivity contribution is -0.120. The van der Waals surface area contributed by atoms with Crippen molar-refractivity contribution in [1.29, 1.82) is 0 Å². The monoisotopic (exact) mass is 465 g/mol. The molecule has 0 saturated heterocycles. The second kappa shape index (κ2) is 9.18. The molecule has 2 aromatic carbocycles. The Morgan fingerprint density at radius 3 is 2.34 bits per heavy atom. The largest absolute Gasteiger partial charge is 0.372 e. The number of nitrogens with zero attached hydrogens (tertiary/aromatic N) is 2. The van der Waals surface area contributed by atoms with Gasteiger partial charge in [0.1, 0.15) is 5.70 Å². The maximum absolute atomic E-state index is 13.5. The summed E-state index contributed by atoms with van der Waals surface area (Å²) in [7, 11) is 0. The minimum absolute atomic E-state index is 0.260. The molecular weight excluding hydrogens is 442 g/mol. The van der Waals surface area contributed by atoms with E-state index in [4.69, 9.17) is 11.6 Å². The molecule has 5 nitrogen and oxygen atoms in total. The van der Waals surface area contributed by atoms with Crippen molar-refractivity contribution in [3.63, 3.8) is 0 Å². The number of hydrogen-bond acceptors (Lipinski definition) is 5. The van der Waals surface area contributed by atoms with Crippen LogP contribution in [0.5, 0.6) is 0 Å². The predicted molar refractivity (Wildman–Crippen MR) is 134 cm³/mol. The van der Waals surface area contributed by atoms with E-state index >= 15 is 0 Å². The highest BCUT2D eigenvalue weighted by Gasteiger charge is 2.40. The van der Waals surface area contributed by atoms with Crippen LogP contribution in [0.3, 0.4) is 0 Å². The molecule has 0 atom stereocenters. The molecule has 0 bridgehead atoms. The summed E-state index contributed by atoms with van der Waals surface area (Å²) in [4.78, 5) is 31.2. The van der Waals surface area contributed by atoms with Gasteiger partial charge >= 0.3 is 0 Å². The number of hydrogen-bond donors (Lipinski definition) is 1. The molecule has 4 rings (SSSR count). The molecule has 1 aliphatic rings. The Bertz CT molecular complexity index is 1180. The van der Waals surface area contributed by atoms with Gasteiger partial charge in [-0.3, -0.25) is 9.59 Å². The summed E-state index contributed by atoms with van der Waals surface area (Å²) < 4.78 is 0. The first-order chi connectivity index (χ1) is 15.4. The van der Waals surface area contributed by atoms with Gasteiger partial charge in [0.05, 0.1) is 11.3 Å². The van der Waals surface area contributed by atoms with E-state index in [0.717, 1.165) is 29.2 Å².